The summed E-state index contributed by atoms with van der Waals surface area (Å²) in [5.74, 6) is -0.623. The van der Waals surface area contributed by atoms with Crippen LogP contribution in [0, 0.1) is 5.41 Å². The van der Waals surface area contributed by atoms with E-state index >= 15 is 0 Å². The largest absolute Gasteiger partial charge is 0.481 e. The minimum Gasteiger partial charge on any atom is -0.481 e. The van der Waals surface area contributed by atoms with Crippen molar-refractivity contribution in [2.24, 2.45) is 5.41 Å². The lowest BCUT2D eigenvalue weighted by Gasteiger charge is -2.39. The Bertz CT molecular complexity index is 380. The number of hydrogen-bond acceptors (Lipinski definition) is 4. The molecule has 0 aromatic heterocycles. The van der Waals surface area contributed by atoms with Crippen molar-refractivity contribution in [2.45, 2.75) is 19.8 Å². The van der Waals surface area contributed by atoms with Crippen molar-refractivity contribution < 1.29 is 14.7 Å². The van der Waals surface area contributed by atoms with Gasteiger partial charge in [-0.2, -0.15) is 0 Å². The molecule has 20 heavy (non-hydrogen) atoms. The Morgan fingerprint density at radius 3 is 2.40 bits per heavy atom. The number of rotatable bonds is 3. The molecule has 1 amide bonds. The minimum atomic E-state index is -0.755. The fraction of sp³-hybridized carbons (Fsp3) is 0.857. The number of aliphatic carboxylic acids is 1. The molecule has 2 aliphatic heterocycles. The molecule has 2 heterocycles. The van der Waals surface area contributed by atoms with Crippen LogP contribution < -0.4 is 0 Å². The van der Waals surface area contributed by atoms with Gasteiger partial charge in [0.05, 0.1) is 12.0 Å². The lowest BCUT2D eigenvalue weighted by molar-refractivity contribution is -0.152. The fourth-order valence-electron chi connectivity index (χ4n) is 3.00. The molecule has 0 spiro atoms. The fourth-order valence-corrected chi connectivity index (χ4v) is 3.00. The molecule has 2 saturated heterocycles. The third kappa shape index (κ3) is 3.49. The molecule has 0 aromatic rings. The smallest absolute Gasteiger partial charge is 0.310 e. The van der Waals surface area contributed by atoms with Crippen LogP contribution in [0.15, 0.2) is 0 Å². The van der Waals surface area contributed by atoms with Crippen LogP contribution in [0.2, 0.25) is 0 Å². The van der Waals surface area contributed by atoms with Gasteiger partial charge >= 0.3 is 5.97 Å². The molecule has 1 atom stereocenters. The van der Waals surface area contributed by atoms with Crippen LogP contribution in [0.3, 0.4) is 0 Å². The molecule has 0 saturated carbocycles. The van der Waals surface area contributed by atoms with E-state index < -0.39 is 11.4 Å². The van der Waals surface area contributed by atoms with Gasteiger partial charge < -0.3 is 14.9 Å². The first kappa shape index (κ1) is 15.3. The van der Waals surface area contributed by atoms with Crippen molar-refractivity contribution in [2.75, 3.05) is 52.9 Å². The maximum absolute atomic E-state index is 12.3. The molecule has 1 N–H and O–H groups in total. The van der Waals surface area contributed by atoms with Crippen LogP contribution in [0.4, 0.5) is 0 Å². The lowest BCUT2D eigenvalue weighted by Crippen LogP contribution is -2.53. The van der Waals surface area contributed by atoms with Gasteiger partial charge in [0.15, 0.2) is 0 Å². The van der Waals surface area contributed by atoms with E-state index in [0.29, 0.717) is 19.5 Å². The summed E-state index contributed by atoms with van der Waals surface area (Å²) in [6, 6.07) is 0. The number of carboxylic acid groups (broad SMARTS) is 1. The Balaban J connectivity index is 1.86. The van der Waals surface area contributed by atoms with Gasteiger partial charge in [0.1, 0.15) is 0 Å². The first-order chi connectivity index (χ1) is 9.40. The maximum Gasteiger partial charge on any atom is 0.310 e. The van der Waals surface area contributed by atoms with Gasteiger partial charge in [0.25, 0.3) is 0 Å². The van der Waals surface area contributed by atoms with Crippen molar-refractivity contribution >= 4 is 11.9 Å². The van der Waals surface area contributed by atoms with Crippen LogP contribution in [0.5, 0.6) is 0 Å². The van der Waals surface area contributed by atoms with Gasteiger partial charge in [-0.3, -0.25) is 14.5 Å². The van der Waals surface area contributed by atoms with E-state index in [1.165, 1.54) is 0 Å². The molecule has 0 aromatic carbocycles. The summed E-state index contributed by atoms with van der Waals surface area (Å²) in [7, 11) is 2.06. The quantitative estimate of drug-likeness (QED) is 0.786. The summed E-state index contributed by atoms with van der Waals surface area (Å²) in [6.45, 7) is 6.81. The molecule has 0 radical (unpaired) electrons. The predicted molar refractivity (Wildman–Crippen MR) is 75.5 cm³/mol. The van der Waals surface area contributed by atoms with Crippen molar-refractivity contribution in [3.8, 4) is 0 Å². The Morgan fingerprint density at radius 2 is 1.80 bits per heavy atom. The number of carbonyl (C=O) groups excluding carboxylic acids is 1. The molecule has 2 aliphatic rings. The van der Waals surface area contributed by atoms with E-state index in [2.05, 4.69) is 11.9 Å². The first-order valence-corrected chi connectivity index (χ1v) is 7.33. The summed E-state index contributed by atoms with van der Waals surface area (Å²) < 4.78 is 0. The van der Waals surface area contributed by atoms with E-state index in [1.54, 1.807) is 6.92 Å². The molecule has 2 fully saturated rings. The van der Waals surface area contributed by atoms with Gasteiger partial charge in [-0.05, 0) is 33.4 Å². The normalized spacial score (nSPS) is 29.4. The second-order valence-corrected chi connectivity index (χ2v) is 6.36. The van der Waals surface area contributed by atoms with Crippen molar-refractivity contribution in [3.05, 3.63) is 0 Å². The zero-order valence-electron chi connectivity index (χ0n) is 12.5. The molecule has 114 valence electrons. The standard InChI is InChI=1S/C14H25N3O3/c1-14(13(19)20)4-3-5-16(11-14)10-12(18)17-8-6-15(2)7-9-17/h3-11H2,1-2H3,(H,19,20). The number of likely N-dealkylation sites (tertiary alicyclic amines) is 1. The van der Waals surface area contributed by atoms with Gasteiger partial charge in [0.2, 0.25) is 5.91 Å². The number of likely N-dealkylation sites (N-methyl/N-ethyl adjacent to an activating group) is 1. The number of piperazine rings is 1. The van der Waals surface area contributed by atoms with Crippen LogP contribution in [0.1, 0.15) is 19.8 Å². The number of carboxylic acids is 1. The SMILES string of the molecule is CN1CCN(C(=O)CN2CCCC(C)(C(=O)O)C2)CC1. The summed E-state index contributed by atoms with van der Waals surface area (Å²) in [5.41, 5.74) is -0.708. The summed E-state index contributed by atoms with van der Waals surface area (Å²) >= 11 is 0. The Morgan fingerprint density at radius 1 is 1.15 bits per heavy atom. The Kier molecular flexibility index (Phi) is 4.65. The van der Waals surface area contributed by atoms with Crippen molar-refractivity contribution in [3.63, 3.8) is 0 Å². The van der Waals surface area contributed by atoms with E-state index in [-0.39, 0.29) is 5.91 Å². The molecule has 1 unspecified atom stereocenters. The average Bonchev–Trinajstić information content (AvgIpc) is 2.39. The number of hydrogen-bond donors (Lipinski definition) is 1. The van der Waals surface area contributed by atoms with Crippen LogP contribution in [-0.2, 0) is 9.59 Å². The number of nitrogens with zero attached hydrogens (tertiary/aromatic N) is 3. The molecule has 6 nitrogen and oxygen atoms in total. The average molecular weight is 283 g/mol. The third-order valence-corrected chi connectivity index (χ3v) is 4.51. The van der Waals surface area contributed by atoms with Crippen molar-refractivity contribution in [1.82, 2.24) is 14.7 Å². The van der Waals surface area contributed by atoms with Crippen LogP contribution in [0.25, 0.3) is 0 Å². The zero-order chi connectivity index (χ0) is 14.8. The highest BCUT2D eigenvalue weighted by molar-refractivity contribution is 5.79. The third-order valence-electron chi connectivity index (χ3n) is 4.51. The first-order valence-electron chi connectivity index (χ1n) is 7.33. The van der Waals surface area contributed by atoms with E-state index in [1.807, 2.05) is 9.80 Å². The summed E-state index contributed by atoms with van der Waals surface area (Å²) in [6.07, 6.45) is 1.54. The molecular formula is C14H25N3O3. The Hall–Kier alpha value is -1.14. The monoisotopic (exact) mass is 283 g/mol. The number of amides is 1. The summed E-state index contributed by atoms with van der Waals surface area (Å²) in [4.78, 5) is 29.7. The van der Waals surface area contributed by atoms with Crippen LogP contribution in [-0.4, -0.2) is 84.5 Å². The summed E-state index contributed by atoms with van der Waals surface area (Å²) in [5, 5.41) is 9.30. The zero-order valence-corrected chi connectivity index (χ0v) is 12.5. The minimum absolute atomic E-state index is 0.132. The molecule has 0 bridgehead atoms. The van der Waals surface area contributed by atoms with Gasteiger partial charge in [-0.25, -0.2) is 0 Å². The molecule has 6 heteroatoms. The van der Waals surface area contributed by atoms with E-state index in [4.69, 9.17) is 0 Å². The van der Waals surface area contributed by atoms with E-state index in [9.17, 15) is 14.7 Å². The highest BCUT2D eigenvalue weighted by Crippen LogP contribution is 2.29. The Labute approximate surface area is 120 Å². The van der Waals surface area contributed by atoms with Crippen molar-refractivity contribution in [1.29, 1.82) is 0 Å². The van der Waals surface area contributed by atoms with Gasteiger partial charge in [-0.15, -0.1) is 0 Å². The van der Waals surface area contributed by atoms with Gasteiger partial charge in [-0.1, -0.05) is 0 Å². The van der Waals surface area contributed by atoms with E-state index in [0.717, 1.165) is 39.1 Å². The molecular weight excluding hydrogens is 258 g/mol. The lowest BCUT2D eigenvalue weighted by atomic mass is 9.82. The maximum atomic E-state index is 12.3. The predicted octanol–water partition coefficient (Wildman–Crippen LogP) is -0.0529. The molecule has 0 aliphatic carbocycles. The topological polar surface area (TPSA) is 64.1 Å². The van der Waals surface area contributed by atoms with Crippen LogP contribution >= 0.6 is 0 Å². The second kappa shape index (κ2) is 6.10. The number of carbonyl (C=O) groups is 2. The highest BCUT2D eigenvalue weighted by Gasteiger charge is 2.38. The molecule has 2 rings (SSSR count). The second-order valence-electron chi connectivity index (χ2n) is 6.36. The van der Waals surface area contributed by atoms with Gasteiger partial charge in [0, 0.05) is 32.7 Å². The highest BCUT2D eigenvalue weighted by atomic mass is 16.4. The number of piperidine rings is 1.